The van der Waals surface area contributed by atoms with Gasteiger partial charge < -0.3 is 4.57 Å². The number of benzene rings is 1. The maximum atomic E-state index is 12.4. The predicted molar refractivity (Wildman–Crippen MR) is 87.8 cm³/mol. The van der Waals surface area contributed by atoms with Crippen molar-refractivity contribution >= 4 is 49.4 Å². The smallest absolute Gasteiger partial charge is 0.163 e. The second-order valence-corrected chi connectivity index (χ2v) is 6.56. The average molecular weight is 357 g/mol. The van der Waals surface area contributed by atoms with Gasteiger partial charge in [-0.25, -0.2) is 4.98 Å². The maximum absolute atomic E-state index is 12.4. The molecule has 5 heteroatoms. The van der Waals surface area contributed by atoms with Crippen molar-refractivity contribution in [1.29, 1.82) is 0 Å². The quantitative estimate of drug-likeness (QED) is 0.623. The molecule has 0 spiro atoms. The van der Waals surface area contributed by atoms with Gasteiger partial charge in [0, 0.05) is 27.9 Å². The van der Waals surface area contributed by atoms with E-state index in [4.69, 9.17) is 0 Å². The number of ketones is 2. The van der Waals surface area contributed by atoms with Gasteiger partial charge in [0.25, 0.3) is 0 Å². The van der Waals surface area contributed by atoms with Crippen molar-refractivity contribution in [2.24, 2.45) is 0 Å². The second-order valence-electron chi connectivity index (χ2n) is 5.64. The van der Waals surface area contributed by atoms with E-state index in [1.165, 1.54) is 0 Å². The summed E-state index contributed by atoms with van der Waals surface area (Å²) in [5.74, 6) is 0.0248. The van der Waals surface area contributed by atoms with E-state index >= 15 is 0 Å². The van der Waals surface area contributed by atoms with Gasteiger partial charge in [0.2, 0.25) is 0 Å². The van der Waals surface area contributed by atoms with Crippen LogP contribution in [0.3, 0.4) is 0 Å². The highest BCUT2D eigenvalue weighted by molar-refractivity contribution is 9.10. The minimum atomic E-state index is -0.304. The molecule has 1 aromatic carbocycles. The zero-order valence-electron chi connectivity index (χ0n) is 11.8. The molecule has 0 aliphatic heterocycles. The van der Waals surface area contributed by atoms with Gasteiger partial charge in [-0.3, -0.25) is 9.59 Å². The summed E-state index contributed by atoms with van der Waals surface area (Å²) >= 11 is 3.50. The monoisotopic (exact) mass is 356 g/mol. The van der Waals surface area contributed by atoms with E-state index in [0.29, 0.717) is 12.8 Å². The topological polar surface area (TPSA) is 52.0 Å². The van der Waals surface area contributed by atoms with Crippen LogP contribution in [0.2, 0.25) is 0 Å². The van der Waals surface area contributed by atoms with Crippen molar-refractivity contribution < 1.29 is 9.59 Å². The Morgan fingerprint density at radius 2 is 2.05 bits per heavy atom. The third-order valence-corrected chi connectivity index (χ3v) is 4.77. The molecular weight excluding hydrogens is 344 g/mol. The minimum absolute atomic E-state index is 0.0133. The molecule has 110 valence electrons. The highest BCUT2D eigenvalue weighted by Gasteiger charge is 2.30. The normalized spacial score (nSPS) is 19.2. The van der Waals surface area contributed by atoms with Crippen LogP contribution in [-0.4, -0.2) is 21.1 Å². The molecule has 1 saturated carbocycles. The van der Waals surface area contributed by atoms with Crippen LogP contribution >= 0.6 is 15.9 Å². The van der Waals surface area contributed by atoms with E-state index < -0.39 is 0 Å². The first kappa shape index (κ1) is 13.6. The van der Waals surface area contributed by atoms with Crippen molar-refractivity contribution in [3.63, 3.8) is 0 Å². The number of halogens is 1. The first-order valence-electron chi connectivity index (χ1n) is 7.24. The lowest BCUT2D eigenvalue weighted by Crippen LogP contribution is -2.27. The molecule has 1 aliphatic rings. The van der Waals surface area contributed by atoms with Crippen LogP contribution in [0.25, 0.3) is 21.9 Å². The summed E-state index contributed by atoms with van der Waals surface area (Å²) in [6.45, 7) is 0. The van der Waals surface area contributed by atoms with Crippen LogP contribution < -0.4 is 0 Å². The number of aromatic nitrogens is 2. The molecule has 4 nitrogen and oxygen atoms in total. The van der Waals surface area contributed by atoms with E-state index in [1.807, 2.05) is 34.9 Å². The molecule has 2 heterocycles. The molecule has 1 fully saturated rings. The molecule has 4 rings (SSSR count). The Bertz CT molecular complexity index is 929. The largest absolute Gasteiger partial charge is 0.315 e. The van der Waals surface area contributed by atoms with E-state index in [2.05, 4.69) is 20.9 Å². The summed E-state index contributed by atoms with van der Waals surface area (Å²) < 4.78 is 2.97. The Hall–Kier alpha value is -2.01. The van der Waals surface area contributed by atoms with Gasteiger partial charge in [-0.15, -0.1) is 0 Å². The van der Waals surface area contributed by atoms with Crippen molar-refractivity contribution in [1.82, 2.24) is 9.55 Å². The predicted octanol–water partition coefficient (Wildman–Crippen LogP) is 3.82. The van der Waals surface area contributed by atoms with E-state index in [0.717, 1.165) is 26.4 Å². The van der Waals surface area contributed by atoms with Crippen LogP contribution in [0.5, 0.6) is 0 Å². The van der Waals surface area contributed by atoms with Gasteiger partial charge in [-0.05, 0) is 30.7 Å². The lowest BCUT2D eigenvalue weighted by Gasteiger charge is -2.23. The van der Waals surface area contributed by atoms with Gasteiger partial charge in [0.15, 0.2) is 5.78 Å². The summed E-state index contributed by atoms with van der Waals surface area (Å²) in [6, 6.07) is 9.67. The number of hydrogen-bond donors (Lipinski definition) is 0. The minimum Gasteiger partial charge on any atom is -0.315 e. The van der Waals surface area contributed by atoms with Gasteiger partial charge in [0.1, 0.15) is 11.4 Å². The highest BCUT2D eigenvalue weighted by atomic mass is 79.9. The third kappa shape index (κ3) is 2.00. The number of carbonyl (C=O) groups excluding carboxylic acids is 2. The van der Waals surface area contributed by atoms with E-state index in [1.54, 1.807) is 6.20 Å². The summed E-state index contributed by atoms with van der Waals surface area (Å²) in [7, 11) is 0. The molecule has 1 aliphatic carbocycles. The van der Waals surface area contributed by atoms with Crippen molar-refractivity contribution in [3.8, 4) is 0 Å². The fourth-order valence-corrected chi connectivity index (χ4v) is 3.64. The zero-order chi connectivity index (χ0) is 15.3. The molecule has 3 aromatic rings. The van der Waals surface area contributed by atoms with E-state index in [-0.39, 0.29) is 24.0 Å². The molecule has 0 amide bonds. The fraction of sp³-hybridized carbons (Fsp3) is 0.235. The van der Waals surface area contributed by atoms with Crippen LogP contribution in [0.4, 0.5) is 0 Å². The van der Waals surface area contributed by atoms with Gasteiger partial charge in [-0.2, -0.15) is 0 Å². The SMILES string of the molecule is O=C1CCC(n2c3cc(Br)ccc3c3cccnc32)C(=O)C1. The van der Waals surface area contributed by atoms with Crippen LogP contribution in [0.1, 0.15) is 25.3 Å². The Kier molecular flexibility index (Phi) is 3.11. The molecular formula is C17H13BrN2O2. The number of Topliss-reactive ketones (excluding diaryl/α,β-unsaturated/α-hetero) is 2. The Morgan fingerprint density at radius 1 is 1.18 bits per heavy atom. The average Bonchev–Trinajstić information content (AvgIpc) is 2.81. The second kappa shape index (κ2) is 5.02. The maximum Gasteiger partial charge on any atom is 0.163 e. The number of pyridine rings is 1. The standard InChI is InChI=1S/C17H13BrN2O2/c18-10-3-5-12-13-2-1-7-19-17(13)20(15(12)8-10)14-6-4-11(21)9-16(14)22/h1-3,5,7-8,14H,4,6,9H2. The van der Waals surface area contributed by atoms with Crippen molar-refractivity contribution in [2.45, 2.75) is 25.3 Å². The summed E-state index contributed by atoms with van der Waals surface area (Å²) in [6.07, 6.45) is 2.79. The van der Waals surface area contributed by atoms with Gasteiger partial charge >= 0.3 is 0 Å². The number of carbonyl (C=O) groups is 2. The Labute approximate surface area is 135 Å². The zero-order valence-corrected chi connectivity index (χ0v) is 13.3. The lowest BCUT2D eigenvalue weighted by atomic mass is 9.93. The Morgan fingerprint density at radius 3 is 2.86 bits per heavy atom. The molecule has 1 atom stereocenters. The van der Waals surface area contributed by atoms with Crippen molar-refractivity contribution in [3.05, 3.63) is 41.0 Å². The lowest BCUT2D eigenvalue weighted by molar-refractivity contribution is -0.131. The molecule has 0 bridgehead atoms. The molecule has 2 aromatic heterocycles. The first-order valence-corrected chi connectivity index (χ1v) is 8.03. The van der Waals surface area contributed by atoms with Crippen LogP contribution in [-0.2, 0) is 9.59 Å². The third-order valence-electron chi connectivity index (χ3n) is 4.28. The Balaban J connectivity index is 2.04. The van der Waals surface area contributed by atoms with Crippen LogP contribution in [0, 0.1) is 0 Å². The highest BCUT2D eigenvalue weighted by Crippen LogP contribution is 2.35. The van der Waals surface area contributed by atoms with E-state index in [9.17, 15) is 9.59 Å². The number of hydrogen-bond acceptors (Lipinski definition) is 3. The number of fused-ring (bicyclic) bond motifs is 3. The number of nitrogens with zero attached hydrogens (tertiary/aromatic N) is 2. The molecule has 0 saturated heterocycles. The first-order chi connectivity index (χ1) is 10.6. The summed E-state index contributed by atoms with van der Waals surface area (Å²) in [4.78, 5) is 28.4. The summed E-state index contributed by atoms with van der Waals surface area (Å²) in [5.41, 5.74) is 1.79. The molecule has 0 radical (unpaired) electrons. The fourth-order valence-electron chi connectivity index (χ4n) is 3.29. The summed E-state index contributed by atoms with van der Waals surface area (Å²) in [5, 5.41) is 2.12. The van der Waals surface area contributed by atoms with Gasteiger partial charge in [-0.1, -0.05) is 22.0 Å². The molecule has 1 unspecified atom stereocenters. The van der Waals surface area contributed by atoms with Crippen LogP contribution in [0.15, 0.2) is 41.0 Å². The van der Waals surface area contributed by atoms with Gasteiger partial charge in [0.05, 0.1) is 18.0 Å². The molecule has 0 N–H and O–H groups in total. The molecule has 22 heavy (non-hydrogen) atoms. The number of rotatable bonds is 1. The van der Waals surface area contributed by atoms with Crippen molar-refractivity contribution in [2.75, 3.05) is 0 Å².